The van der Waals surface area contributed by atoms with E-state index in [9.17, 15) is 19.2 Å². The molecule has 0 bridgehead atoms. The van der Waals surface area contributed by atoms with Crippen LogP contribution in [0, 0.1) is 18.3 Å². The number of alkyl halides is 2. The first-order chi connectivity index (χ1) is 15.7. The van der Waals surface area contributed by atoms with Gasteiger partial charge in [-0.25, -0.2) is 14.4 Å². The van der Waals surface area contributed by atoms with E-state index in [2.05, 4.69) is 15.3 Å². The van der Waals surface area contributed by atoms with E-state index < -0.39 is 23.0 Å². The Balaban J connectivity index is 2.18. The molecule has 2 atom stereocenters. The van der Waals surface area contributed by atoms with Crippen molar-refractivity contribution in [2.24, 2.45) is 0 Å². The Morgan fingerprint density at radius 3 is 2.39 bits per heavy atom. The van der Waals surface area contributed by atoms with Gasteiger partial charge in [0.2, 0.25) is 0 Å². The predicted octanol–water partition coefficient (Wildman–Crippen LogP) is 4.73. The molecule has 0 aliphatic heterocycles. The number of benzene rings is 2. The minimum Gasteiger partial charge on any atom is -0.324 e. The zero-order valence-electron chi connectivity index (χ0n) is 17.6. The number of aryl methyl sites for hydroxylation is 1. The number of nitrogens with zero attached hydrogens (tertiary/aromatic N) is 4. The first-order valence-electron chi connectivity index (χ1n) is 9.64. The molecule has 0 fully saturated rings. The van der Waals surface area contributed by atoms with Crippen molar-refractivity contribution in [3.05, 3.63) is 82.9 Å². The Morgan fingerprint density at radius 1 is 1.18 bits per heavy atom. The van der Waals surface area contributed by atoms with Crippen molar-refractivity contribution in [1.82, 2.24) is 9.97 Å². The van der Waals surface area contributed by atoms with E-state index in [0.29, 0.717) is 0 Å². The molecule has 168 valence electrons. The highest BCUT2D eigenvalue weighted by atomic mass is 35.5. The standard InChI is InChI=1S/C23H18Cl2FN5O2/c1-14-3-6-18(7-4-14)31(21(32)20(25)26)23(2,16-11-28-13-29-12-16)22(33)30-17-5-8-19(24)15(9-17)10-27/h3-9,11-13,20H,1-2H3,(H,30,33)/t20-,23-/m0/s1. The average Bonchev–Trinajstić information content (AvgIpc) is 2.81. The molecule has 0 saturated heterocycles. The van der Waals surface area contributed by atoms with Crippen LogP contribution in [0.2, 0.25) is 5.02 Å². The SMILES string of the molecule is Cc1ccc(N(C(=O)[C@H](F)Cl)[C@](C)(C(=O)Nc2ccc(Cl)c(C#N)c2)c2cncnc2)cc1. The summed E-state index contributed by atoms with van der Waals surface area (Å²) in [7, 11) is 0. The monoisotopic (exact) mass is 485 g/mol. The summed E-state index contributed by atoms with van der Waals surface area (Å²) in [6.45, 7) is 3.28. The third-order valence-corrected chi connectivity index (χ3v) is 5.57. The third kappa shape index (κ3) is 4.95. The summed E-state index contributed by atoms with van der Waals surface area (Å²) in [6, 6.07) is 12.9. The highest BCUT2D eigenvalue weighted by Crippen LogP contribution is 2.36. The van der Waals surface area contributed by atoms with Gasteiger partial charge in [-0.3, -0.25) is 14.5 Å². The summed E-state index contributed by atoms with van der Waals surface area (Å²) in [5, 5.41) is 12.1. The minimum absolute atomic E-state index is 0.148. The summed E-state index contributed by atoms with van der Waals surface area (Å²) in [5.74, 6) is -1.86. The second-order valence-electron chi connectivity index (χ2n) is 7.27. The highest BCUT2D eigenvalue weighted by Gasteiger charge is 2.47. The van der Waals surface area contributed by atoms with Crippen molar-refractivity contribution in [2.75, 3.05) is 10.2 Å². The molecule has 2 amide bonds. The molecule has 33 heavy (non-hydrogen) atoms. The number of carbonyl (C=O) groups excluding carboxylic acids is 2. The predicted molar refractivity (Wildman–Crippen MR) is 124 cm³/mol. The van der Waals surface area contributed by atoms with Crippen LogP contribution in [-0.4, -0.2) is 27.4 Å². The van der Waals surface area contributed by atoms with Crippen molar-refractivity contribution >= 4 is 46.4 Å². The van der Waals surface area contributed by atoms with Crippen LogP contribution in [0.5, 0.6) is 0 Å². The summed E-state index contributed by atoms with van der Waals surface area (Å²) in [5.41, 5.74) is -2.48. The Kier molecular flexibility index (Phi) is 7.26. The first kappa shape index (κ1) is 24.1. The van der Waals surface area contributed by atoms with E-state index in [1.54, 1.807) is 24.3 Å². The lowest BCUT2D eigenvalue weighted by Gasteiger charge is -2.40. The van der Waals surface area contributed by atoms with Crippen LogP contribution in [0.3, 0.4) is 0 Å². The topological polar surface area (TPSA) is 99.0 Å². The molecule has 0 saturated carbocycles. The fourth-order valence-corrected chi connectivity index (χ4v) is 3.51. The normalized spacial score (nSPS) is 13.3. The van der Waals surface area contributed by atoms with E-state index in [-0.39, 0.29) is 27.5 Å². The van der Waals surface area contributed by atoms with Crippen LogP contribution in [-0.2, 0) is 15.1 Å². The van der Waals surface area contributed by atoms with Gasteiger partial charge in [0, 0.05) is 29.3 Å². The molecule has 1 heterocycles. The Labute approximate surface area is 199 Å². The minimum atomic E-state index is -2.41. The number of amides is 2. The molecule has 1 aromatic heterocycles. The van der Waals surface area contributed by atoms with Crippen LogP contribution < -0.4 is 10.2 Å². The van der Waals surface area contributed by atoms with Crippen LogP contribution in [0.4, 0.5) is 15.8 Å². The number of hydrogen-bond donors (Lipinski definition) is 1. The zero-order chi connectivity index (χ0) is 24.2. The molecule has 0 radical (unpaired) electrons. The number of nitriles is 1. The van der Waals surface area contributed by atoms with Gasteiger partial charge < -0.3 is 5.32 Å². The second kappa shape index (κ2) is 9.94. The third-order valence-electron chi connectivity index (χ3n) is 5.06. The van der Waals surface area contributed by atoms with Crippen LogP contribution >= 0.6 is 23.2 Å². The number of hydrogen-bond acceptors (Lipinski definition) is 5. The Morgan fingerprint density at radius 2 is 1.82 bits per heavy atom. The maximum absolute atomic E-state index is 14.2. The quantitative estimate of drug-likeness (QED) is 0.508. The Hall–Kier alpha value is -3.54. The van der Waals surface area contributed by atoms with Crippen molar-refractivity contribution < 1.29 is 14.0 Å². The molecule has 0 aliphatic carbocycles. The zero-order valence-corrected chi connectivity index (χ0v) is 19.1. The molecule has 3 rings (SSSR count). The molecule has 1 N–H and O–H groups in total. The fourth-order valence-electron chi connectivity index (χ4n) is 3.25. The largest absolute Gasteiger partial charge is 0.324 e. The molecular weight excluding hydrogens is 468 g/mol. The van der Waals surface area contributed by atoms with Gasteiger partial charge in [0.1, 0.15) is 12.4 Å². The molecule has 0 unspecified atom stereocenters. The van der Waals surface area contributed by atoms with E-state index in [1.807, 2.05) is 13.0 Å². The van der Waals surface area contributed by atoms with Crippen molar-refractivity contribution in [3.8, 4) is 6.07 Å². The molecule has 0 aliphatic rings. The number of nitrogens with one attached hydrogen (secondary N) is 1. The van der Waals surface area contributed by atoms with Gasteiger partial charge in [-0.05, 0) is 44.2 Å². The van der Waals surface area contributed by atoms with E-state index in [4.69, 9.17) is 23.2 Å². The van der Waals surface area contributed by atoms with E-state index >= 15 is 0 Å². The second-order valence-corrected chi connectivity index (χ2v) is 8.06. The van der Waals surface area contributed by atoms with Gasteiger partial charge in [-0.1, -0.05) is 40.9 Å². The number of aromatic nitrogens is 2. The summed E-state index contributed by atoms with van der Waals surface area (Å²) < 4.78 is 14.2. The van der Waals surface area contributed by atoms with Gasteiger partial charge in [-0.15, -0.1) is 0 Å². The lowest BCUT2D eigenvalue weighted by molar-refractivity contribution is -0.128. The van der Waals surface area contributed by atoms with Crippen LogP contribution in [0.15, 0.2) is 61.2 Å². The van der Waals surface area contributed by atoms with Gasteiger partial charge in [0.15, 0.2) is 5.54 Å². The van der Waals surface area contributed by atoms with Crippen LogP contribution in [0.1, 0.15) is 23.6 Å². The summed E-state index contributed by atoms with van der Waals surface area (Å²) >= 11 is 11.5. The van der Waals surface area contributed by atoms with Gasteiger partial charge in [-0.2, -0.15) is 5.26 Å². The maximum atomic E-state index is 14.2. The lowest BCUT2D eigenvalue weighted by Crippen LogP contribution is -2.56. The van der Waals surface area contributed by atoms with Crippen molar-refractivity contribution in [1.29, 1.82) is 5.26 Å². The smallest absolute Gasteiger partial charge is 0.278 e. The number of carbonyl (C=O) groups is 2. The highest BCUT2D eigenvalue weighted by molar-refractivity contribution is 6.32. The lowest BCUT2D eigenvalue weighted by atomic mass is 9.89. The Bertz CT molecular complexity index is 1220. The average molecular weight is 486 g/mol. The first-order valence-corrected chi connectivity index (χ1v) is 10.5. The number of rotatable bonds is 6. The molecule has 10 heteroatoms. The van der Waals surface area contributed by atoms with Gasteiger partial charge in [0.25, 0.3) is 17.4 Å². The molecular formula is C23H18Cl2FN5O2. The summed E-state index contributed by atoms with van der Waals surface area (Å²) in [6.07, 6.45) is 3.97. The number of anilines is 2. The van der Waals surface area contributed by atoms with Crippen molar-refractivity contribution in [2.45, 2.75) is 25.0 Å². The summed E-state index contributed by atoms with van der Waals surface area (Å²) in [4.78, 5) is 35.6. The maximum Gasteiger partial charge on any atom is 0.278 e. The van der Waals surface area contributed by atoms with Gasteiger partial charge >= 0.3 is 0 Å². The fraction of sp³-hybridized carbons (Fsp3) is 0.174. The van der Waals surface area contributed by atoms with Gasteiger partial charge in [0.05, 0.1) is 10.6 Å². The molecule has 7 nitrogen and oxygen atoms in total. The van der Waals surface area contributed by atoms with Crippen molar-refractivity contribution in [3.63, 3.8) is 0 Å². The molecule has 2 aromatic carbocycles. The van der Waals surface area contributed by atoms with Crippen LogP contribution in [0.25, 0.3) is 0 Å². The molecule has 3 aromatic rings. The van der Waals surface area contributed by atoms with E-state index in [0.717, 1.165) is 10.5 Å². The number of halogens is 3. The molecule has 0 spiro atoms. The van der Waals surface area contributed by atoms with E-state index in [1.165, 1.54) is 43.8 Å².